The van der Waals surface area contributed by atoms with Crippen LogP contribution in [0, 0.1) is 17.8 Å². The fraction of sp³-hybridized carbons (Fsp3) is 1.00. The van der Waals surface area contributed by atoms with E-state index in [0.717, 1.165) is 17.8 Å². The number of hydrogen-bond donors (Lipinski definition) is 0. The zero-order valence-electron chi connectivity index (χ0n) is 8.27. The van der Waals surface area contributed by atoms with Gasteiger partial charge in [-0.15, -0.1) is 0 Å². The van der Waals surface area contributed by atoms with Crippen molar-refractivity contribution in [1.29, 1.82) is 0 Å². The molecule has 1 aliphatic rings. The second-order valence-electron chi connectivity index (χ2n) is 4.35. The highest BCUT2D eigenvalue weighted by atomic mass is 14.4. The first-order valence-corrected chi connectivity index (χ1v) is 5.25. The van der Waals surface area contributed by atoms with E-state index >= 15 is 0 Å². The Kier molecular flexibility index (Phi) is 3.42. The Bertz CT molecular complexity index is 98.6. The minimum Gasteiger partial charge on any atom is -0.0654 e. The molecule has 0 aromatic rings. The third kappa shape index (κ3) is 2.21. The highest BCUT2D eigenvalue weighted by molar-refractivity contribution is 4.83. The largest absolute Gasteiger partial charge is 0.0654 e. The minimum absolute atomic E-state index is 1.03. The molecular weight excluding hydrogens is 132 g/mol. The van der Waals surface area contributed by atoms with Crippen LogP contribution >= 0.6 is 0 Å². The molecule has 66 valence electrons. The van der Waals surface area contributed by atoms with Crippen molar-refractivity contribution in [1.82, 2.24) is 0 Å². The van der Waals surface area contributed by atoms with Crippen molar-refractivity contribution >= 4 is 0 Å². The Morgan fingerprint density at radius 1 is 1.09 bits per heavy atom. The van der Waals surface area contributed by atoms with Crippen LogP contribution in [0.4, 0.5) is 0 Å². The zero-order chi connectivity index (χ0) is 8.27. The van der Waals surface area contributed by atoms with Gasteiger partial charge in [-0.1, -0.05) is 40.0 Å². The van der Waals surface area contributed by atoms with Crippen molar-refractivity contribution in [2.75, 3.05) is 0 Å². The van der Waals surface area contributed by atoms with Crippen molar-refractivity contribution in [3.63, 3.8) is 0 Å². The molecule has 0 heteroatoms. The van der Waals surface area contributed by atoms with E-state index in [1.165, 1.54) is 32.1 Å². The standard InChI is InChI=1S/C11H22/c1-4-5-6-7-11-9(2)8-10(11)3/h9-11H,4-8H2,1-3H3. The molecule has 2 unspecified atom stereocenters. The zero-order valence-corrected chi connectivity index (χ0v) is 8.27. The Labute approximate surface area is 71.4 Å². The van der Waals surface area contributed by atoms with Crippen LogP contribution in [0.25, 0.3) is 0 Å². The highest BCUT2D eigenvalue weighted by Crippen LogP contribution is 2.42. The summed E-state index contributed by atoms with van der Waals surface area (Å²) in [5.41, 5.74) is 0. The number of hydrogen-bond acceptors (Lipinski definition) is 0. The molecule has 0 saturated heterocycles. The molecule has 0 spiro atoms. The van der Waals surface area contributed by atoms with Gasteiger partial charge in [-0.05, 0) is 30.6 Å². The molecule has 0 bridgehead atoms. The predicted molar refractivity (Wildman–Crippen MR) is 50.6 cm³/mol. The van der Waals surface area contributed by atoms with Gasteiger partial charge in [-0.2, -0.15) is 0 Å². The average molecular weight is 154 g/mol. The molecule has 1 aliphatic carbocycles. The van der Waals surface area contributed by atoms with Crippen LogP contribution in [0.2, 0.25) is 0 Å². The van der Waals surface area contributed by atoms with Gasteiger partial charge in [-0.25, -0.2) is 0 Å². The maximum absolute atomic E-state index is 2.41. The summed E-state index contributed by atoms with van der Waals surface area (Å²) < 4.78 is 0. The van der Waals surface area contributed by atoms with Gasteiger partial charge in [0.1, 0.15) is 0 Å². The fourth-order valence-corrected chi connectivity index (χ4v) is 2.50. The molecule has 0 aromatic carbocycles. The van der Waals surface area contributed by atoms with Gasteiger partial charge in [-0.3, -0.25) is 0 Å². The fourth-order valence-electron chi connectivity index (χ4n) is 2.50. The normalized spacial score (nSPS) is 36.8. The summed E-state index contributed by atoms with van der Waals surface area (Å²) in [7, 11) is 0. The molecule has 0 radical (unpaired) electrons. The van der Waals surface area contributed by atoms with Crippen molar-refractivity contribution in [3.05, 3.63) is 0 Å². The third-order valence-corrected chi connectivity index (χ3v) is 3.35. The molecule has 0 nitrogen and oxygen atoms in total. The summed E-state index contributed by atoms with van der Waals surface area (Å²) in [6.07, 6.45) is 7.26. The van der Waals surface area contributed by atoms with E-state index in [1.54, 1.807) is 0 Å². The molecule has 0 N–H and O–H groups in total. The van der Waals surface area contributed by atoms with Gasteiger partial charge >= 0.3 is 0 Å². The van der Waals surface area contributed by atoms with Gasteiger partial charge in [0.15, 0.2) is 0 Å². The van der Waals surface area contributed by atoms with Crippen LogP contribution in [0.3, 0.4) is 0 Å². The lowest BCUT2D eigenvalue weighted by molar-refractivity contribution is 0.0897. The first-order chi connectivity index (χ1) is 5.25. The van der Waals surface area contributed by atoms with Crippen LogP contribution in [0.5, 0.6) is 0 Å². The van der Waals surface area contributed by atoms with Crippen molar-refractivity contribution in [3.8, 4) is 0 Å². The lowest BCUT2D eigenvalue weighted by Gasteiger charge is -2.41. The second kappa shape index (κ2) is 4.13. The van der Waals surface area contributed by atoms with E-state index in [-0.39, 0.29) is 0 Å². The summed E-state index contributed by atoms with van der Waals surface area (Å²) in [4.78, 5) is 0. The quantitative estimate of drug-likeness (QED) is 0.539. The summed E-state index contributed by atoms with van der Waals surface area (Å²) in [6, 6.07) is 0. The van der Waals surface area contributed by atoms with Crippen LogP contribution < -0.4 is 0 Å². The summed E-state index contributed by atoms with van der Waals surface area (Å²) in [5.74, 6) is 3.13. The average Bonchev–Trinajstić information content (AvgIpc) is 1.98. The molecule has 1 fully saturated rings. The van der Waals surface area contributed by atoms with E-state index in [2.05, 4.69) is 20.8 Å². The first-order valence-electron chi connectivity index (χ1n) is 5.25. The van der Waals surface area contributed by atoms with E-state index in [4.69, 9.17) is 0 Å². The molecule has 0 aliphatic heterocycles. The van der Waals surface area contributed by atoms with E-state index in [9.17, 15) is 0 Å². The SMILES string of the molecule is CCCCCC1C(C)CC1C. The van der Waals surface area contributed by atoms with Gasteiger partial charge in [0.25, 0.3) is 0 Å². The number of unbranched alkanes of at least 4 members (excludes halogenated alkanes) is 2. The van der Waals surface area contributed by atoms with Crippen LogP contribution in [-0.2, 0) is 0 Å². The maximum Gasteiger partial charge on any atom is -0.0362 e. The van der Waals surface area contributed by atoms with Crippen molar-refractivity contribution in [2.45, 2.75) is 52.9 Å². The molecule has 1 saturated carbocycles. The Morgan fingerprint density at radius 2 is 1.73 bits per heavy atom. The van der Waals surface area contributed by atoms with Crippen LogP contribution in [0.1, 0.15) is 52.9 Å². The predicted octanol–water partition coefficient (Wildman–Crippen LogP) is 3.86. The lowest BCUT2D eigenvalue weighted by Crippen LogP contribution is -2.32. The van der Waals surface area contributed by atoms with E-state index in [0.29, 0.717) is 0 Å². The third-order valence-electron chi connectivity index (χ3n) is 3.35. The number of rotatable bonds is 4. The molecule has 11 heavy (non-hydrogen) atoms. The molecule has 1 rings (SSSR count). The Balaban J connectivity index is 2.06. The van der Waals surface area contributed by atoms with E-state index < -0.39 is 0 Å². The smallest absolute Gasteiger partial charge is 0.0362 e. The minimum atomic E-state index is 1.03. The first kappa shape index (κ1) is 9.09. The molecule has 2 atom stereocenters. The summed E-state index contributed by atoms with van der Waals surface area (Å²) in [6.45, 7) is 7.11. The molecular formula is C11H22. The second-order valence-corrected chi connectivity index (χ2v) is 4.35. The van der Waals surface area contributed by atoms with E-state index in [1.807, 2.05) is 0 Å². The highest BCUT2D eigenvalue weighted by Gasteiger charge is 2.33. The maximum atomic E-state index is 2.41. The summed E-state index contributed by atoms with van der Waals surface area (Å²) >= 11 is 0. The lowest BCUT2D eigenvalue weighted by atomic mass is 9.65. The molecule has 0 amide bonds. The van der Waals surface area contributed by atoms with Crippen LogP contribution in [-0.4, -0.2) is 0 Å². The van der Waals surface area contributed by atoms with Gasteiger partial charge in [0.05, 0.1) is 0 Å². The topological polar surface area (TPSA) is 0 Å². The van der Waals surface area contributed by atoms with Gasteiger partial charge in [0.2, 0.25) is 0 Å². The summed E-state index contributed by atoms with van der Waals surface area (Å²) in [5, 5.41) is 0. The monoisotopic (exact) mass is 154 g/mol. The Morgan fingerprint density at radius 3 is 2.18 bits per heavy atom. The van der Waals surface area contributed by atoms with Crippen LogP contribution in [0.15, 0.2) is 0 Å². The van der Waals surface area contributed by atoms with Crippen molar-refractivity contribution in [2.24, 2.45) is 17.8 Å². The van der Waals surface area contributed by atoms with Crippen molar-refractivity contribution < 1.29 is 0 Å². The van der Waals surface area contributed by atoms with Gasteiger partial charge in [0, 0.05) is 0 Å². The molecule has 0 aromatic heterocycles. The van der Waals surface area contributed by atoms with Gasteiger partial charge < -0.3 is 0 Å². The Hall–Kier alpha value is 0. The molecule has 0 heterocycles.